The van der Waals surface area contributed by atoms with E-state index in [1.807, 2.05) is 13.8 Å². The van der Waals surface area contributed by atoms with E-state index in [0.717, 1.165) is 0 Å². The maximum atomic E-state index is 11.5. The van der Waals surface area contributed by atoms with Crippen molar-refractivity contribution in [1.82, 2.24) is 5.48 Å². The third-order valence-corrected chi connectivity index (χ3v) is 1.79. The lowest BCUT2D eigenvalue weighted by atomic mass is 10.1. The van der Waals surface area contributed by atoms with Crippen LogP contribution in [-0.2, 0) is 19.1 Å². The second-order valence-electron chi connectivity index (χ2n) is 3.81. The number of carbonyl (C=O) groups excluding carboxylic acids is 2. The number of amides is 1. The molecule has 1 atom stereocenters. The maximum Gasteiger partial charge on any atom is 0.431 e. The Hall–Kier alpha value is -1.30. The van der Waals surface area contributed by atoms with Crippen molar-refractivity contribution in [2.24, 2.45) is 5.92 Å². The molecule has 0 aromatic rings. The van der Waals surface area contributed by atoms with Gasteiger partial charge in [0, 0.05) is 0 Å². The van der Waals surface area contributed by atoms with Crippen LogP contribution in [0.15, 0.2) is 0 Å². The van der Waals surface area contributed by atoms with Gasteiger partial charge < -0.3 is 9.47 Å². The molecule has 0 heterocycles. The van der Waals surface area contributed by atoms with Crippen molar-refractivity contribution in [1.29, 1.82) is 0 Å². The molecule has 0 aromatic heterocycles. The molecule has 100 valence electrons. The number of hydroxylamine groups is 1. The first kappa shape index (κ1) is 15.7. The lowest BCUT2D eigenvalue weighted by Gasteiger charge is -2.17. The van der Waals surface area contributed by atoms with Crippen molar-refractivity contribution in [3.63, 3.8) is 0 Å². The van der Waals surface area contributed by atoms with Gasteiger partial charge >= 0.3 is 12.1 Å². The van der Waals surface area contributed by atoms with Gasteiger partial charge in [0.15, 0.2) is 6.10 Å². The first-order valence-electron chi connectivity index (χ1n) is 5.76. The molecule has 0 fully saturated rings. The summed E-state index contributed by atoms with van der Waals surface area (Å²) in [6, 6.07) is 0. The summed E-state index contributed by atoms with van der Waals surface area (Å²) < 4.78 is 9.45. The summed E-state index contributed by atoms with van der Waals surface area (Å²) in [5, 5.41) is 0. The predicted molar refractivity (Wildman–Crippen MR) is 61.1 cm³/mol. The second-order valence-corrected chi connectivity index (χ2v) is 3.81. The fourth-order valence-corrected chi connectivity index (χ4v) is 1.14. The number of hydrogen-bond acceptors (Lipinski definition) is 5. The first-order valence-corrected chi connectivity index (χ1v) is 5.76. The van der Waals surface area contributed by atoms with Crippen LogP contribution in [0.4, 0.5) is 4.79 Å². The van der Waals surface area contributed by atoms with Crippen molar-refractivity contribution in [2.75, 3.05) is 13.2 Å². The van der Waals surface area contributed by atoms with Crippen molar-refractivity contribution in [3.8, 4) is 0 Å². The molecule has 0 aromatic carbocycles. The standard InChI is InChI=1S/C11H21NO5/c1-5-15-10(13)9(7-8(3)4)17-12-11(14)16-6-2/h8-9H,5-7H2,1-4H3,(H,12,14)/t9-/m1/s1. The summed E-state index contributed by atoms with van der Waals surface area (Å²) >= 11 is 0. The minimum atomic E-state index is -0.806. The van der Waals surface area contributed by atoms with Crippen LogP contribution in [0.2, 0.25) is 0 Å². The summed E-state index contributed by atoms with van der Waals surface area (Å²) in [6.07, 6.45) is -1.06. The number of esters is 1. The third kappa shape index (κ3) is 7.57. The molecule has 0 aliphatic carbocycles. The Bertz CT molecular complexity index is 242. The number of nitrogens with one attached hydrogen (secondary N) is 1. The van der Waals surface area contributed by atoms with Crippen LogP contribution < -0.4 is 5.48 Å². The van der Waals surface area contributed by atoms with Crippen LogP contribution in [0, 0.1) is 5.92 Å². The molecular formula is C11H21NO5. The average molecular weight is 247 g/mol. The summed E-state index contributed by atoms with van der Waals surface area (Å²) in [6.45, 7) is 7.79. The van der Waals surface area contributed by atoms with Crippen LogP contribution in [-0.4, -0.2) is 31.4 Å². The SMILES string of the molecule is CCOC(=O)NO[C@H](CC(C)C)C(=O)OCC. The number of ether oxygens (including phenoxy) is 2. The second kappa shape index (κ2) is 8.81. The Morgan fingerprint density at radius 1 is 1.12 bits per heavy atom. The molecule has 6 heteroatoms. The number of carbonyl (C=O) groups is 2. The number of rotatable bonds is 7. The van der Waals surface area contributed by atoms with Crippen molar-refractivity contribution >= 4 is 12.1 Å². The Kier molecular flexibility index (Phi) is 8.13. The van der Waals surface area contributed by atoms with Crippen LogP contribution in [0.25, 0.3) is 0 Å². The van der Waals surface area contributed by atoms with Crippen molar-refractivity contribution in [3.05, 3.63) is 0 Å². The highest BCUT2D eigenvalue weighted by molar-refractivity contribution is 5.75. The molecule has 17 heavy (non-hydrogen) atoms. The molecule has 0 aliphatic heterocycles. The van der Waals surface area contributed by atoms with E-state index in [1.165, 1.54) is 0 Å². The molecule has 0 aliphatic rings. The van der Waals surface area contributed by atoms with Gasteiger partial charge in [-0.25, -0.2) is 9.59 Å². The summed E-state index contributed by atoms with van der Waals surface area (Å²) in [5.41, 5.74) is 2.07. The quantitative estimate of drug-likeness (QED) is 0.547. The van der Waals surface area contributed by atoms with Crippen molar-refractivity contribution < 1.29 is 23.9 Å². The smallest absolute Gasteiger partial charge is 0.431 e. The van der Waals surface area contributed by atoms with Gasteiger partial charge in [-0.1, -0.05) is 13.8 Å². The molecular weight excluding hydrogens is 226 g/mol. The molecule has 0 unspecified atom stereocenters. The third-order valence-electron chi connectivity index (χ3n) is 1.79. The van der Waals surface area contributed by atoms with Gasteiger partial charge in [0.25, 0.3) is 0 Å². The molecule has 1 amide bonds. The van der Waals surface area contributed by atoms with Gasteiger partial charge in [0.05, 0.1) is 13.2 Å². The van der Waals surface area contributed by atoms with Crippen LogP contribution in [0.3, 0.4) is 0 Å². The van der Waals surface area contributed by atoms with Crippen molar-refractivity contribution in [2.45, 2.75) is 40.2 Å². The van der Waals surface area contributed by atoms with Gasteiger partial charge in [-0.15, -0.1) is 0 Å². The molecule has 6 nitrogen and oxygen atoms in total. The molecule has 0 saturated carbocycles. The lowest BCUT2D eigenvalue weighted by Crippen LogP contribution is -2.36. The molecule has 0 radical (unpaired) electrons. The van der Waals surface area contributed by atoms with E-state index < -0.39 is 18.2 Å². The van der Waals surface area contributed by atoms with E-state index >= 15 is 0 Å². The average Bonchev–Trinajstić information content (AvgIpc) is 2.24. The zero-order valence-electron chi connectivity index (χ0n) is 10.8. The first-order chi connectivity index (χ1) is 8.01. The monoisotopic (exact) mass is 247 g/mol. The molecule has 0 rings (SSSR count). The molecule has 0 bridgehead atoms. The van der Waals surface area contributed by atoms with Crippen LogP contribution in [0.1, 0.15) is 34.1 Å². The summed E-state index contributed by atoms with van der Waals surface area (Å²) in [7, 11) is 0. The minimum absolute atomic E-state index is 0.240. The lowest BCUT2D eigenvalue weighted by molar-refractivity contribution is -0.162. The Morgan fingerprint density at radius 3 is 2.18 bits per heavy atom. The predicted octanol–water partition coefficient (Wildman–Crippen LogP) is 1.64. The van der Waals surface area contributed by atoms with Crippen LogP contribution >= 0.6 is 0 Å². The highest BCUT2D eigenvalue weighted by Gasteiger charge is 2.23. The minimum Gasteiger partial charge on any atom is -0.464 e. The highest BCUT2D eigenvalue weighted by Crippen LogP contribution is 2.09. The fourth-order valence-electron chi connectivity index (χ4n) is 1.14. The highest BCUT2D eigenvalue weighted by atomic mass is 16.7. The number of hydrogen-bond donors (Lipinski definition) is 1. The van der Waals surface area contributed by atoms with Gasteiger partial charge in [0.1, 0.15) is 0 Å². The zero-order valence-corrected chi connectivity index (χ0v) is 10.8. The van der Waals surface area contributed by atoms with E-state index in [0.29, 0.717) is 6.42 Å². The van der Waals surface area contributed by atoms with E-state index in [9.17, 15) is 9.59 Å². The van der Waals surface area contributed by atoms with E-state index in [-0.39, 0.29) is 19.1 Å². The van der Waals surface area contributed by atoms with E-state index in [1.54, 1.807) is 13.8 Å². The molecule has 1 N–H and O–H groups in total. The van der Waals surface area contributed by atoms with Gasteiger partial charge in [-0.05, 0) is 26.2 Å². The topological polar surface area (TPSA) is 73.9 Å². The normalized spacial score (nSPS) is 12.1. The van der Waals surface area contributed by atoms with Gasteiger partial charge in [-0.2, -0.15) is 5.48 Å². The Labute approximate surface area is 102 Å². The van der Waals surface area contributed by atoms with E-state index in [4.69, 9.17) is 9.57 Å². The van der Waals surface area contributed by atoms with E-state index in [2.05, 4.69) is 10.2 Å². The zero-order chi connectivity index (χ0) is 13.3. The largest absolute Gasteiger partial charge is 0.464 e. The fraction of sp³-hybridized carbons (Fsp3) is 0.818. The summed E-state index contributed by atoms with van der Waals surface area (Å²) in [5.74, 6) is -0.244. The van der Waals surface area contributed by atoms with Crippen LogP contribution in [0.5, 0.6) is 0 Å². The Morgan fingerprint density at radius 2 is 1.71 bits per heavy atom. The summed E-state index contributed by atoms with van der Waals surface area (Å²) in [4.78, 5) is 27.5. The maximum absolute atomic E-state index is 11.5. The van der Waals surface area contributed by atoms with Gasteiger partial charge in [0.2, 0.25) is 0 Å². The molecule has 0 spiro atoms. The Balaban J connectivity index is 4.18. The molecule has 0 saturated heterocycles. The van der Waals surface area contributed by atoms with Gasteiger partial charge in [-0.3, -0.25) is 4.84 Å².